The lowest BCUT2D eigenvalue weighted by molar-refractivity contribution is -0.118. The van der Waals surface area contributed by atoms with Crippen molar-refractivity contribution in [3.8, 4) is 0 Å². The van der Waals surface area contributed by atoms with Crippen LogP contribution in [0.15, 0.2) is 12.1 Å². The van der Waals surface area contributed by atoms with E-state index < -0.39 is 34.6 Å². The van der Waals surface area contributed by atoms with Gasteiger partial charge in [-0.3, -0.25) is 4.79 Å². The Morgan fingerprint density at radius 1 is 1.25 bits per heavy atom. The van der Waals surface area contributed by atoms with E-state index >= 15 is 0 Å². The Balaban J connectivity index is 2.22. The summed E-state index contributed by atoms with van der Waals surface area (Å²) in [4.78, 5) is 11.4. The van der Waals surface area contributed by atoms with Crippen LogP contribution in [0, 0.1) is 17.5 Å². The van der Waals surface area contributed by atoms with Gasteiger partial charge in [0.25, 0.3) is 0 Å². The minimum absolute atomic E-state index is 0.402. The molecule has 3 nitrogen and oxygen atoms in total. The zero-order valence-corrected chi connectivity index (χ0v) is 8.19. The maximum Gasteiger partial charge on any atom is 0.244 e. The molecule has 0 saturated heterocycles. The van der Waals surface area contributed by atoms with E-state index in [2.05, 4.69) is 5.32 Å². The molecule has 0 aromatic heterocycles. The normalized spacial score (nSPS) is 17.0. The van der Waals surface area contributed by atoms with Crippen molar-refractivity contribution in [1.82, 2.24) is 0 Å². The Bertz CT molecular complexity index is 458. The van der Waals surface area contributed by atoms with Gasteiger partial charge < -0.3 is 11.1 Å². The number of anilines is 1. The first-order chi connectivity index (χ1) is 7.44. The SMILES string of the molecule is NC1(C(=O)Nc2ccc(F)c(F)c2F)CC1. The number of amides is 1. The molecule has 1 aliphatic carbocycles. The van der Waals surface area contributed by atoms with Crippen molar-refractivity contribution in [1.29, 1.82) is 0 Å². The molecule has 86 valence electrons. The molecule has 1 amide bonds. The van der Waals surface area contributed by atoms with Crippen molar-refractivity contribution in [2.75, 3.05) is 5.32 Å². The fourth-order valence-electron chi connectivity index (χ4n) is 1.23. The molecule has 0 heterocycles. The van der Waals surface area contributed by atoms with Gasteiger partial charge in [0.1, 0.15) is 0 Å². The first-order valence-electron chi connectivity index (χ1n) is 4.68. The zero-order valence-electron chi connectivity index (χ0n) is 8.19. The summed E-state index contributed by atoms with van der Waals surface area (Å²) in [5, 5.41) is 2.14. The van der Waals surface area contributed by atoms with Crippen molar-refractivity contribution in [3.63, 3.8) is 0 Å². The number of nitrogens with two attached hydrogens (primary N) is 1. The van der Waals surface area contributed by atoms with Crippen molar-refractivity contribution >= 4 is 11.6 Å². The molecule has 1 aliphatic rings. The molecule has 0 spiro atoms. The summed E-state index contributed by atoms with van der Waals surface area (Å²) in [6.07, 6.45) is 1.01. The summed E-state index contributed by atoms with van der Waals surface area (Å²) in [5.74, 6) is -4.92. The van der Waals surface area contributed by atoms with Gasteiger partial charge >= 0.3 is 0 Å². The number of rotatable bonds is 2. The van der Waals surface area contributed by atoms with Gasteiger partial charge in [-0.15, -0.1) is 0 Å². The van der Waals surface area contributed by atoms with Crippen LogP contribution in [0.5, 0.6) is 0 Å². The molecule has 16 heavy (non-hydrogen) atoms. The summed E-state index contributed by atoms with van der Waals surface area (Å²) < 4.78 is 38.6. The smallest absolute Gasteiger partial charge is 0.244 e. The van der Waals surface area contributed by atoms with Crippen molar-refractivity contribution in [2.24, 2.45) is 5.73 Å². The van der Waals surface area contributed by atoms with Crippen molar-refractivity contribution < 1.29 is 18.0 Å². The fraction of sp³-hybridized carbons (Fsp3) is 0.300. The van der Waals surface area contributed by atoms with E-state index in [4.69, 9.17) is 5.73 Å². The molecule has 2 rings (SSSR count). The summed E-state index contributed by atoms with van der Waals surface area (Å²) in [6.45, 7) is 0. The van der Waals surface area contributed by atoms with Crippen LogP contribution in [0.4, 0.5) is 18.9 Å². The van der Waals surface area contributed by atoms with Gasteiger partial charge in [-0.25, -0.2) is 13.2 Å². The number of carbonyl (C=O) groups is 1. The molecule has 1 aromatic carbocycles. The first kappa shape index (κ1) is 10.9. The number of halogens is 3. The lowest BCUT2D eigenvalue weighted by Crippen LogP contribution is -2.38. The Labute approximate surface area is 89.4 Å². The van der Waals surface area contributed by atoms with Gasteiger partial charge in [-0.05, 0) is 25.0 Å². The average molecular weight is 230 g/mol. The summed E-state index contributed by atoms with van der Waals surface area (Å²) >= 11 is 0. The monoisotopic (exact) mass is 230 g/mol. The number of benzene rings is 1. The Morgan fingerprint density at radius 2 is 1.88 bits per heavy atom. The molecule has 0 unspecified atom stereocenters. The highest BCUT2D eigenvalue weighted by molar-refractivity contribution is 6.00. The predicted octanol–water partition coefficient (Wildman–Crippen LogP) is 1.53. The van der Waals surface area contributed by atoms with E-state index in [9.17, 15) is 18.0 Å². The second-order valence-electron chi connectivity index (χ2n) is 3.83. The summed E-state index contributed by atoms with van der Waals surface area (Å²) in [5.41, 5.74) is 4.16. The van der Waals surface area contributed by atoms with Gasteiger partial charge in [0, 0.05) is 0 Å². The van der Waals surface area contributed by atoms with Crippen LogP contribution in [0.2, 0.25) is 0 Å². The molecule has 0 atom stereocenters. The highest BCUT2D eigenvalue weighted by atomic mass is 19.2. The van der Waals surface area contributed by atoms with Gasteiger partial charge in [0.15, 0.2) is 17.5 Å². The molecule has 3 N–H and O–H groups in total. The van der Waals surface area contributed by atoms with Crippen molar-refractivity contribution in [2.45, 2.75) is 18.4 Å². The maximum absolute atomic E-state index is 13.2. The minimum atomic E-state index is -1.61. The molecule has 1 aromatic rings. The van der Waals surface area contributed by atoms with E-state index in [-0.39, 0.29) is 0 Å². The van der Waals surface area contributed by atoms with Crippen LogP contribution < -0.4 is 11.1 Å². The highest BCUT2D eigenvalue weighted by Crippen LogP contribution is 2.33. The van der Waals surface area contributed by atoms with Crippen molar-refractivity contribution in [3.05, 3.63) is 29.6 Å². The molecule has 6 heteroatoms. The topological polar surface area (TPSA) is 55.1 Å². The molecular formula is C10H9F3N2O. The third-order valence-corrected chi connectivity index (χ3v) is 2.52. The van der Waals surface area contributed by atoms with Crippen LogP contribution in [-0.2, 0) is 4.79 Å². The Kier molecular flexibility index (Phi) is 2.38. The van der Waals surface area contributed by atoms with E-state index in [1.807, 2.05) is 0 Å². The second kappa shape index (κ2) is 3.48. The molecular weight excluding hydrogens is 221 g/mol. The quantitative estimate of drug-likeness (QED) is 0.757. The summed E-state index contributed by atoms with van der Waals surface area (Å²) in [6, 6.07) is 1.70. The lowest BCUT2D eigenvalue weighted by Gasteiger charge is -2.11. The molecule has 0 aliphatic heterocycles. The average Bonchev–Trinajstić information content (AvgIpc) is 2.99. The van der Waals surface area contributed by atoms with Crippen LogP contribution in [-0.4, -0.2) is 11.4 Å². The first-order valence-corrected chi connectivity index (χ1v) is 4.68. The van der Waals surface area contributed by atoms with Gasteiger partial charge in [-0.1, -0.05) is 0 Å². The Morgan fingerprint density at radius 3 is 2.44 bits per heavy atom. The predicted molar refractivity (Wildman–Crippen MR) is 51.1 cm³/mol. The van der Waals surface area contributed by atoms with E-state index in [0.717, 1.165) is 12.1 Å². The largest absolute Gasteiger partial charge is 0.322 e. The minimum Gasteiger partial charge on any atom is -0.322 e. The molecule has 1 saturated carbocycles. The van der Waals surface area contributed by atoms with E-state index in [0.29, 0.717) is 12.8 Å². The number of nitrogens with one attached hydrogen (secondary N) is 1. The highest BCUT2D eigenvalue weighted by Gasteiger charge is 2.46. The molecule has 1 fully saturated rings. The summed E-state index contributed by atoms with van der Waals surface area (Å²) in [7, 11) is 0. The second-order valence-corrected chi connectivity index (χ2v) is 3.83. The number of carbonyl (C=O) groups excluding carboxylic acids is 1. The van der Waals surface area contributed by atoms with Crippen LogP contribution in [0.1, 0.15) is 12.8 Å². The van der Waals surface area contributed by atoms with Gasteiger partial charge in [-0.2, -0.15) is 0 Å². The molecule has 0 radical (unpaired) electrons. The van der Waals surface area contributed by atoms with E-state index in [1.165, 1.54) is 0 Å². The van der Waals surface area contributed by atoms with Gasteiger partial charge in [0.05, 0.1) is 11.2 Å². The Hall–Kier alpha value is -1.56. The maximum atomic E-state index is 13.2. The fourth-order valence-corrected chi connectivity index (χ4v) is 1.23. The number of hydrogen-bond donors (Lipinski definition) is 2. The zero-order chi connectivity index (χ0) is 11.9. The van der Waals surface area contributed by atoms with Crippen LogP contribution >= 0.6 is 0 Å². The number of hydrogen-bond acceptors (Lipinski definition) is 2. The standard InChI is InChI=1S/C10H9F3N2O/c11-5-1-2-6(8(13)7(5)12)15-9(16)10(14)3-4-10/h1-2H,3-4,14H2,(H,15,16). The lowest BCUT2D eigenvalue weighted by atomic mass is 10.2. The third-order valence-electron chi connectivity index (χ3n) is 2.52. The third kappa shape index (κ3) is 1.76. The molecule has 0 bridgehead atoms. The van der Waals surface area contributed by atoms with Gasteiger partial charge in [0.2, 0.25) is 5.91 Å². The van der Waals surface area contributed by atoms with Crippen LogP contribution in [0.3, 0.4) is 0 Å². The van der Waals surface area contributed by atoms with E-state index in [1.54, 1.807) is 0 Å². The van der Waals surface area contributed by atoms with Crippen LogP contribution in [0.25, 0.3) is 0 Å².